The Bertz CT molecular complexity index is 1670. The van der Waals surface area contributed by atoms with Crippen LogP contribution in [0.4, 0.5) is 33.6 Å². The van der Waals surface area contributed by atoms with Crippen LogP contribution in [0.3, 0.4) is 0 Å². The average molecular weight is 611 g/mol. The second-order valence-corrected chi connectivity index (χ2v) is 11.8. The summed E-state index contributed by atoms with van der Waals surface area (Å²) in [6, 6.07) is 15.1. The third-order valence-electron chi connectivity index (χ3n) is 7.55. The number of nitrogens with zero attached hydrogens (tertiary/aromatic N) is 5. The van der Waals surface area contributed by atoms with E-state index in [2.05, 4.69) is 42.9 Å². The number of carbonyl (C=O) groups is 2. The molecule has 3 amide bonds. The number of benzene rings is 2. The number of hydrogen-bond acceptors (Lipinski definition) is 10. The summed E-state index contributed by atoms with van der Waals surface area (Å²) in [7, 11) is 0. The van der Waals surface area contributed by atoms with Gasteiger partial charge in [-0.1, -0.05) is 45.0 Å². The fourth-order valence-corrected chi connectivity index (χ4v) is 4.85. The number of piperazine rings is 1. The molecule has 0 radical (unpaired) electrons. The van der Waals surface area contributed by atoms with Crippen molar-refractivity contribution in [3.63, 3.8) is 0 Å². The highest BCUT2D eigenvalue weighted by Gasteiger charge is 2.23. The molecule has 2 aromatic heterocycles. The maximum Gasteiger partial charge on any atom is 0.324 e. The second-order valence-electron chi connectivity index (χ2n) is 11.8. The number of nitrogens with two attached hydrogens (primary N) is 1. The first-order valence-electron chi connectivity index (χ1n) is 14.8. The highest BCUT2D eigenvalue weighted by atomic mass is 16.5. The van der Waals surface area contributed by atoms with Gasteiger partial charge in [-0.25, -0.2) is 14.8 Å². The Labute approximate surface area is 261 Å². The van der Waals surface area contributed by atoms with Gasteiger partial charge in [0.25, 0.3) is 5.91 Å². The zero-order valence-electron chi connectivity index (χ0n) is 25.8. The lowest BCUT2D eigenvalue weighted by molar-refractivity contribution is 0.0643. The first-order chi connectivity index (χ1) is 21.5. The number of nitrogen functional groups attached to an aromatic ring is 1. The van der Waals surface area contributed by atoms with E-state index in [-0.39, 0.29) is 22.9 Å². The summed E-state index contributed by atoms with van der Waals surface area (Å²) < 4.78 is 5.31. The lowest BCUT2D eigenvalue weighted by atomic mass is 9.93. The predicted molar refractivity (Wildman–Crippen MR) is 174 cm³/mol. The van der Waals surface area contributed by atoms with Crippen molar-refractivity contribution in [2.24, 2.45) is 0 Å². The van der Waals surface area contributed by atoms with Gasteiger partial charge < -0.3 is 30.7 Å². The molecule has 0 saturated carbocycles. The van der Waals surface area contributed by atoms with Gasteiger partial charge in [-0.2, -0.15) is 0 Å². The molecule has 45 heavy (non-hydrogen) atoms. The van der Waals surface area contributed by atoms with Crippen molar-refractivity contribution >= 4 is 46.5 Å². The molecule has 3 heterocycles. The van der Waals surface area contributed by atoms with Gasteiger partial charge in [-0.05, 0) is 42.9 Å². The Kier molecular flexibility index (Phi) is 9.09. The normalized spacial score (nSPS) is 13.7. The van der Waals surface area contributed by atoms with Gasteiger partial charge in [0.2, 0.25) is 0 Å². The van der Waals surface area contributed by atoms with Crippen molar-refractivity contribution in [3.8, 4) is 0 Å². The van der Waals surface area contributed by atoms with E-state index in [1.165, 1.54) is 6.33 Å². The number of nitrogens with one attached hydrogen (secondary N) is 4. The zero-order chi connectivity index (χ0) is 32.1. The number of anilines is 5. The highest BCUT2D eigenvalue weighted by molar-refractivity contribution is 6.16. The van der Waals surface area contributed by atoms with Crippen LogP contribution in [0.25, 0.3) is 0 Å². The quantitative estimate of drug-likeness (QED) is 0.173. The SMILES string of the molecule is CCN1CCN(C(=O)c2ccc(C(=N)c3c(N)ncnc3Nc3ccc(NC(=O)Nc4cc(C(C)(C)C)on4)cc3)cc2)CC1. The minimum absolute atomic E-state index is 0.0167. The lowest BCUT2D eigenvalue weighted by Gasteiger charge is -2.34. The Morgan fingerprint density at radius 1 is 0.933 bits per heavy atom. The Balaban J connectivity index is 1.23. The molecule has 1 fully saturated rings. The van der Waals surface area contributed by atoms with E-state index in [1.807, 2.05) is 25.7 Å². The molecule has 1 aliphatic heterocycles. The van der Waals surface area contributed by atoms with E-state index >= 15 is 0 Å². The first kappa shape index (κ1) is 31.1. The van der Waals surface area contributed by atoms with Gasteiger partial charge in [-0.15, -0.1) is 0 Å². The van der Waals surface area contributed by atoms with E-state index in [1.54, 1.807) is 54.6 Å². The van der Waals surface area contributed by atoms with E-state index in [0.29, 0.717) is 58.6 Å². The predicted octanol–water partition coefficient (Wildman–Crippen LogP) is 4.93. The monoisotopic (exact) mass is 610 g/mol. The number of urea groups is 1. The van der Waals surface area contributed by atoms with Crippen molar-refractivity contribution in [1.82, 2.24) is 24.9 Å². The average Bonchev–Trinajstić information content (AvgIpc) is 3.51. The molecule has 1 aliphatic rings. The van der Waals surface area contributed by atoms with Crippen LogP contribution in [0, 0.1) is 5.41 Å². The minimum atomic E-state index is -0.462. The van der Waals surface area contributed by atoms with E-state index < -0.39 is 6.03 Å². The van der Waals surface area contributed by atoms with Crippen LogP contribution in [-0.2, 0) is 5.41 Å². The van der Waals surface area contributed by atoms with Crippen molar-refractivity contribution in [2.75, 3.05) is 54.4 Å². The zero-order valence-corrected chi connectivity index (χ0v) is 25.8. The molecule has 6 N–H and O–H groups in total. The summed E-state index contributed by atoms with van der Waals surface area (Å²) in [5.41, 5.74) is 8.78. The highest BCUT2D eigenvalue weighted by Crippen LogP contribution is 2.27. The molecular weight excluding hydrogens is 572 g/mol. The van der Waals surface area contributed by atoms with Crippen LogP contribution in [-0.4, -0.2) is 75.3 Å². The molecule has 0 spiro atoms. The first-order valence-corrected chi connectivity index (χ1v) is 14.8. The van der Waals surface area contributed by atoms with E-state index in [0.717, 1.165) is 19.6 Å². The summed E-state index contributed by atoms with van der Waals surface area (Å²) in [5.74, 6) is 1.45. The molecule has 0 unspecified atom stereocenters. The van der Waals surface area contributed by atoms with Gasteiger partial charge in [0, 0.05) is 60.2 Å². The van der Waals surface area contributed by atoms with Crippen molar-refractivity contribution < 1.29 is 14.1 Å². The molecule has 234 valence electrons. The largest absolute Gasteiger partial charge is 0.383 e. The minimum Gasteiger partial charge on any atom is -0.383 e. The van der Waals surface area contributed by atoms with Crippen LogP contribution in [0.1, 0.15) is 54.9 Å². The molecule has 2 aromatic carbocycles. The van der Waals surface area contributed by atoms with E-state index in [9.17, 15) is 9.59 Å². The fraction of sp³-hybridized carbons (Fsp3) is 0.312. The number of likely N-dealkylation sites (N-methyl/N-ethyl adjacent to an activating group) is 1. The lowest BCUT2D eigenvalue weighted by Crippen LogP contribution is -2.48. The molecule has 5 rings (SSSR count). The van der Waals surface area contributed by atoms with Gasteiger partial charge in [0.05, 0.1) is 11.3 Å². The summed E-state index contributed by atoms with van der Waals surface area (Å²) >= 11 is 0. The molecule has 0 bridgehead atoms. The summed E-state index contributed by atoms with van der Waals surface area (Å²) in [4.78, 5) is 38.1. The van der Waals surface area contributed by atoms with Crippen LogP contribution >= 0.6 is 0 Å². The van der Waals surface area contributed by atoms with Crippen LogP contribution in [0.2, 0.25) is 0 Å². The number of aromatic nitrogens is 3. The smallest absolute Gasteiger partial charge is 0.324 e. The molecule has 13 nitrogen and oxygen atoms in total. The van der Waals surface area contributed by atoms with Crippen LogP contribution in [0.5, 0.6) is 0 Å². The Morgan fingerprint density at radius 3 is 2.20 bits per heavy atom. The fourth-order valence-electron chi connectivity index (χ4n) is 4.85. The number of carbonyl (C=O) groups excluding carboxylic acids is 2. The number of rotatable bonds is 8. The molecule has 1 saturated heterocycles. The van der Waals surface area contributed by atoms with E-state index in [4.69, 9.17) is 15.7 Å². The molecule has 0 atom stereocenters. The number of hydrogen-bond donors (Lipinski definition) is 5. The van der Waals surface area contributed by atoms with Gasteiger partial charge >= 0.3 is 6.03 Å². The Morgan fingerprint density at radius 2 is 1.58 bits per heavy atom. The van der Waals surface area contributed by atoms with Crippen molar-refractivity contribution in [3.05, 3.63) is 83.4 Å². The van der Waals surface area contributed by atoms with Gasteiger partial charge in [-0.3, -0.25) is 15.5 Å². The molecular formula is C32H38N10O3. The van der Waals surface area contributed by atoms with Crippen molar-refractivity contribution in [1.29, 1.82) is 5.41 Å². The third-order valence-corrected chi connectivity index (χ3v) is 7.55. The maximum absolute atomic E-state index is 13.0. The second kappa shape index (κ2) is 13.1. The third kappa shape index (κ3) is 7.44. The topological polar surface area (TPSA) is 178 Å². The standard InChI is InChI=1S/C32H38N10O3/c1-5-41-14-16-42(17-15-41)30(43)21-8-6-20(7-9-21)27(33)26-28(34)35-19-36-29(26)37-22-10-12-23(13-11-22)38-31(44)39-25-18-24(45-40-25)32(2,3)4/h6-13,18-19,33H,5,14-17H2,1-4H3,(H3,34,35,36,37)(H2,38,39,40,44). The summed E-state index contributed by atoms with van der Waals surface area (Å²) in [6.07, 6.45) is 1.32. The summed E-state index contributed by atoms with van der Waals surface area (Å²) in [5, 5.41) is 21.4. The molecule has 13 heteroatoms. The maximum atomic E-state index is 13.0. The van der Waals surface area contributed by atoms with Gasteiger partial charge in [0.1, 0.15) is 23.7 Å². The number of amides is 3. The molecule has 4 aromatic rings. The van der Waals surface area contributed by atoms with Crippen molar-refractivity contribution in [2.45, 2.75) is 33.1 Å². The molecule has 0 aliphatic carbocycles. The van der Waals surface area contributed by atoms with Crippen LogP contribution < -0.4 is 21.7 Å². The van der Waals surface area contributed by atoms with Gasteiger partial charge in [0.15, 0.2) is 5.82 Å². The Hall–Kier alpha value is -5.30. The summed E-state index contributed by atoms with van der Waals surface area (Å²) in [6.45, 7) is 12.2. The van der Waals surface area contributed by atoms with Crippen LogP contribution in [0.15, 0.2) is 65.4 Å².